The highest BCUT2D eigenvalue weighted by molar-refractivity contribution is 14.1. The first-order valence-electron chi connectivity index (χ1n) is 7.58. The predicted octanol–water partition coefficient (Wildman–Crippen LogP) is 4.08. The Bertz CT molecular complexity index is 771. The average molecular weight is 415 g/mol. The van der Waals surface area contributed by atoms with Crippen molar-refractivity contribution < 1.29 is 8.81 Å². The first-order chi connectivity index (χ1) is 10.5. The van der Waals surface area contributed by atoms with Crippen LogP contribution in [-0.2, 0) is 6.54 Å². The molecule has 2 aromatic rings. The molecule has 2 heterocycles. The summed E-state index contributed by atoms with van der Waals surface area (Å²) in [7, 11) is 0. The van der Waals surface area contributed by atoms with Gasteiger partial charge in [-0.05, 0) is 60.9 Å². The molecule has 118 valence electrons. The SMILES string of the molecule is Cc1c(F)c(CN2CCCC(C)C2)cc2c(=O)c(I)coc12. The number of fused-ring (bicyclic) bond motifs is 1. The lowest BCUT2D eigenvalue weighted by molar-refractivity contribution is 0.175. The topological polar surface area (TPSA) is 33.5 Å². The van der Waals surface area contributed by atoms with Gasteiger partial charge >= 0.3 is 0 Å². The van der Waals surface area contributed by atoms with E-state index in [9.17, 15) is 9.18 Å². The quantitative estimate of drug-likeness (QED) is 0.694. The first kappa shape index (κ1) is 15.9. The molecule has 0 amide bonds. The Labute approximate surface area is 142 Å². The van der Waals surface area contributed by atoms with Crippen LogP contribution >= 0.6 is 22.6 Å². The number of aryl methyl sites for hydroxylation is 1. The van der Waals surface area contributed by atoms with Gasteiger partial charge < -0.3 is 4.42 Å². The summed E-state index contributed by atoms with van der Waals surface area (Å²) in [5.74, 6) is 0.388. The van der Waals surface area contributed by atoms with Gasteiger partial charge in [-0.15, -0.1) is 0 Å². The van der Waals surface area contributed by atoms with Crippen LogP contribution < -0.4 is 5.43 Å². The van der Waals surface area contributed by atoms with E-state index in [1.807, 2.05) is 22.6 Å². The number of hydrogen-bond donors (Lipinski definition) is 0. The molecule has 1 unspecified atom stereocenters. The largest absolute Gasteiger partial charge is 0.463 e. The van der Waals surface area contributed by atoms with Gasteiger partial charge in [0.25, 0.3) is 0 Å². The Morgan fingerprint density at radius 1 is 1.50 bits per heavy atom. The standard InChI is InChI=1S/C17H19FINO2/c1-10-4-3-5-20(7-10)8-12-6-13-16(21)14(19)9-22-17(13)11(2)15(12)18/h6,9-10H,3-5,7-8H2,1-2H3. The smallest absolute Gasteiger partial charge is 0.206 e. The third-order valence-electron chi connectivity index (χ3n) is 4.39. The van der Waals surface area contributed by atoms with Crippen LogP contribution in [0.15, 0.2) is 21.5 Å². The molecule has 1 aromatic carbocycles. The zero-order chi connectivity index (χ0) is 15.9. The van der Waals surface area contributed by atoms with Crippen molar-refractivity contribution in [2.45, 2.75) is 33.2 Å². The van der Waals surface area contributed by atoms with Crippen molar-refractivity contribution in [2.24, 2.45) is 5.92 Å². The zero-order valence-electron chi connectivity index (χ0n) is 12.8. The third-order valence-corrected chi connectivity index (χ3v) is 5.14. The van der Waals surface area contributed by atoms with Gasteiger partial charge in [0.15, 0.2) is 0 Å². The van der Waals surface area contributed by atoms with Crippen molar-refractivity contribution in [2.75, 3.05) is 13.1 Å². The van der Waals surface area contributed by atoms with E-state index in [4.69, 9.17) is 4.42 Å². The molecular formula is C17H19FINO2. The number of piperidine rings is 1. The summed E-state index contributed by atoms with van der Waals surface area (Å²) in [6.07, 6.45) is 3.77. The summed E-state index contributed by atoms with van der Waals surface area (Å²) in [4.78, 5) is 14.6. The number of rotatable bonds is 2. The molecule has 5 heteroatoms. The number of hydrogen-bond acceptors (Lipinski definition) is 3. The van der Waals surface area contributed by atoms with Gasteiger partial charge in [-0.2, -0.15) is 0 Å². The maximum absolute atomic E-state index is 14.6. The second kappa shape index (κ2) is 6.28. The second-order valence-corrected chi connectivity index (χ2v) is 7.41. The lowest BCUT2D eigenvalue weighted by Crippen LogP contribution is -2.34. The normalized spacial score (nSPS) is 19.7. The first-order valence-corrected chi connectivity index (χ1v) is 8.66. The summed E-state index contributed by atoms with van der Waals surface area (Å²) < 4.78 is 20.6. The monoisotopic (exact) mass is 415 g/mol. The fourth-order valence-corrected chi connectivity index (χ4v) is 3.66. The van der Waals surface area contributed by atoms with Gasteiger partial charge in [0.2, 0.25) is 5.43 Å². The van der Waals surface area contributed by atoms with Crippen molar-refractivity contribution in [3.63, 3.8) is 0 Å². The molecule has 0 radical (unpaired) electrons. The fraction of sp³-hybridized carbons (Fsp3) is 0.471. The molecule has 1 fully saturated rings. The highest BCUT2D eigenvalue weighted by Crippen LogP contribution is 2.26. The van der Waals surface area contributed by atoms with Gasteiger partial charge in [0.05, 0.1) is 8.96 Å². The van der Waals surface area contributed by atoms with E-state index in [0.29, 0.717) is 38.1 Å². The molecule has 1 aromatic heterocycles. The molecule has 3 rings (SSSR count). The summed E-state index contributed by atoms with van der Waals surface area (Å²) >= 11 is 1.95. The Hall–Kier alpha value is -0.950. The van der Waals surface area contributed by atoms with Crippen molar-refractivity contribution in [3.05, 3.63) is 43.1 Å². The minimum absolute atomic E-state index is 0.0850. The number of halogens is 2. The molecular weight excluding hydrogens is 396 g/mol. The minimum Gasteiger partial charge on any atom is -0.463 e. The number of likely N-dealkylation sites (tertiary alicyclic amines) is 1. The van der Waals surface area contributed by atoms with Crippen LogP contribution in [-0.4, -0.2) is 18.0 Å². The summed E-state index contributed by atoms with van der Waals surface area (Å²) in [5.41, 5.74) is 1.29. The van der Waals surface area contributed by atoms with E-state index in [2.05, 4.69) is 11.8 Å². The van der Waals surface area contributed by atoms with E-state index >= 15 is 0 Å². The predicted molar refractivity (Wildman–Crippen MR) is 93.6 cm³/mol. The Balaban J connectivity index is 2.04. The van der Waals surface area contributed by atoms with Crippen LogP contribution in [0.2, 0.25) is 0 Å². The van der Waals surface area contributed by atoms with Crippen molar-refractivity contribution in [1.29, 1.82) is 0 Å². The third kappa shape index (κ3) is 2.93. The molecule has 0 spiro atoms. The molecule has 3 nitrogen and oxygen atoms in total. The molecule has 0 aliphatic carbocycles. The van der Waals surface area contributed by atoms with Gasteiger partial charge in [0, 0.05) is 24.2 Å². The molecule has 1 aliphatic rings. The molecule has 0 bridgehead atoms. The van der Waals surface area contributed by atoms with E-state index in [0.717, 1.165) is 19.5 Å². The highest BCUT2D eigenvalue weighted by Gasteiger charge is 2.20. The molecule has 1 atom stereocenters. The van der Waals surface area contributed by atoms with Crippen molar-refractivity contribution in [1.82, 2.24) is 4.90 Å². The van der Waals surface area contributed by atoms with Gasteiger partial charge in [-0.25, -0.2) is 4.39 Å². The van der Waals surface area contributed by atoms with Crippen molar-refractivity contribution >= 4 is 33.6 Å². The fourth-order valence-electron chi connectivity index (χ4n) is 3.25. The summed E-state index contributed by atoms with van der Waals surface area (Å²) in [5, 5.41) is 0.478. The lowest BCUT2D eigenvalue weighted by Gasteiger charge is -2.31. The maximum atomic E-state index is 14.6. The molecule has 0 saturated carbocycles. The zero-order valence-corrected chi connectivity index (χ0v) is 14.9. The highest BCUT2D eigenvalue weighted by atomic mass is 127. The molecule has 1 saturated heterocycles. The maximum Gasteiger partial charge on any atom is 0.206 e. The van der Waals surface area contributed by atoms with Gasteiger partial charge in [0.1, 0.15) is 17.7 Å². The molecule has 22 heavy (non-hydrogen) atoms. The summed E-state index contributed by atoms with van der Waals surface area (Å²) in [6.45, 7) is 6.43. The van der Waals surface area contributed by atoms with E-state index in [-0.39, 0.29) is 11.2 Å². The van der Waals surface area contributed by atoms with Crippen LogP contribution in [0.1, 0.15) is 30.9 Å². The number of nitrogens with zero attached hydrogens (tertiary/aromatic N) is 1. The van der Waals surface area contributed by atoms with Crippen LogP contribution in [0.25, 0.3) is 11.0 Å². The van der Waals surface area contributed by atoms with Gasteiger partial charge in [-0.3, -0.25) is 9.69 Å². The van der Waals surface area contributed by atoms with Crippen LogP contribution in [0, 0.1) is 22.2 Å². The molecule has 0 N–H and O–H groups in total. The molecule has 1 aliphatic heterocycles. The Morgan fingerprint density at radius 3 is 3.00 bits per heavy atom. The number of benzene rings is 1. The van der Waals surface area contributed by atoms with E-state index < -0.39 is 0 Å². The van der Waals surface area contributed by atoms with Crippen LogP contribution in [0.4, 0.5) is 4.39 Å². The van der Waals surface area contributed by atoms with E-state index in [1.54, 1.807) is 13.0 Å². The average Bonchev–Trinajstić information content (AvgIpc) is 2.49. The van der Waals surface area contributed by atoms with Crippen molar-refractivity contribution in [3.8, 4) is 0 Å². The summed E-state index contributed by atoms with van der Waals surface area (Å²) in [6, 6.07) is 1.67. The van der Waals surface area contributed by atoms with Crippen LogP contribution in [0.5, 0.6) is 0 Å². The van der Waals surface area contributed by atoms with Gasteiger partial charge in [-0.1, -0.05) is 6.92 Å². The van der Waals surface area contributed by atoms with E-state index in [1.165, 1.54) is 12.7 Å². The minimum atomic E-state index is -0.255. The van der Waals surface area contributed by atoms with Crippen LogP contribution in [0.3, 0.4) is 0 Å². The second-order valence-electron chi connectivity index (χ2n) is 6.25. The Kier molecular flexibility index (Phi) is 4.54. The Morgan fingerprint density at radius 2 is 2.27 bits per heavy atom. The lowest BCUT2D eigenvalue weighted by atomic mass is 9.99.